The van der Waals surface area contributed by atoms with Crippen molar-refractivity contribution in [2.45, 2.75) is 65.7 Å². The molecule has 0 aromatic carbocycles. The molecule has 0 fully saturated rings. The van der Waals surface area contributed by atoms with E-state index in [1.54, 1.807) is 0 Å². The van der Waals surface area contributed by atoms with Gasteiger partial charge in [0, 0.05) is 0 Å². The summed E-state index contributed by atoms with van der Waals surface area (Å²) < 4.78 is 0. The first-order valence-electron chi connectivity index (χ1n) is 6.06. The molecule has 13 heavy (non-hydrogen) atoms. The van der Waals surface area contributed by atoms with Gasteiger partial charge in [-0.1, -0.05) is 59.3 Å². The number of hydrogen-bond acceptors (Lipinski definition) is 1. The molecular formula is C12H29N. The summed E-state index contributed by atoms with van der Waals surface area (Å²) in [6, 6.07) is 0. The van der Waals surface area contributed by atoms with E-state index < -0.39 is 0 Å². The van der Waals surface area contributed by atoms with Crippen molar-refractivity contribution in [3.05, 3.63) is 0 Å². The Balaban J connectivity index is 0. The summed E-state index contributed by atoms with van der Waals surface area (Å²) in [7, 11) is 2.02. The third kappa shape index (κ3) is 18.7. The molecular weight excluding hydrogens is 158 g/mol. The molecule has 1 nitrogen and oxygen atoms in total. The van der Waals surface area contributed by atoms with Gasteiger partial charge in [-0.15, -0.1) is 0 Å². The third-order valence-corrected chi connectivity index (χ3v) is 2.03. The van der Waals surface area contributed by atoms with Gasteiger partial charge in [0.15, 0.2) is 0 Å². The molecule has 0 bridgehead atoms. The minimum Gasteiger partial charge on any atom is -0.320 e. The maximum atomic E-state index is 3.17. The first-order valence-corrected chi connectivity index (χ1v) is 6.06. The number of nitrogens with one attached hydrogen (secondary N) is 1. The van der Waals surface area contributed by atoms with Crippen molar-refractivity contribution in [2.24, 2.45) is 0 Å². The number of hydrogen-bond donors (Lipinski definition) is 1. The fraction of sp³-hybridized carbons (Fsp3) is 1.00. The first-order chi connectivity index (χ1) is 6.41. The molecule has 0 aliphatic rings. The monoisotopic (exact) mass is 187 g/mol. The number of unbranched alkanes of at least 4 members (excludes halogenated alkanes) is 6. The zero-order valence-corrected chi connectivity index (χ0v) is 10.2. The molecule has 0 aromatic heterocycles. The molecule has 82 valence electrons. The lowest BCUT2D eigenvalue weighted by atomic mass is 10.1. The number of rotatable bonds is 8. The second-order valence-corrected chi connectivity index (χ2v) is 3.22. The Morgan fingerprint density at radius 2 is 1.23 bits per heavy atom. The van der Waals surface area contributed by atoms with Crippen molar-refractivity contribution in [3.8, 4) is 0 Å². The summed E-state index contributed by atoms with van der Waals surface area (Å²) in [4.78, 5) is 0. The molecule has 1 heteroatoms. The average molecular weight is 187 g/mol. The van der Waals surface area contributed by atoms with Crippen LogP contribution in [0.4, 0.5) is 0 Å². The van der Waals surface area contributed by atoms with E-state index in [0.29, 0.717) is 0 Å². The second-order valence-electron chi connectivity index (χ2n) is 3.22. The van der Waals surface area contributed by atoms with Gasteiger partial charge in [-0.25, -0.2) is 0 Å². The van der Waals surface area contributed by atoms with Gasteiger partial charge in [0.25, 0.3) is 0 Å². The molecule has 0 rings (SSSR count). The van der Waals surface area contributed by atoms with Crippen molar-refractivity contribution < 1.29 is 0 Å². The van der Waals surface area contributed by atoms with Crippen LogP contribution in [0.2, 0.25) is 0 Å². The van der Waals surface area contributed by atoms with Crippen LogP contribution >= 0.6 is 0 Å². The fourth-order valence-electron chi connectivity index (χ4n) is 1.26. The first kappa shape index (κ1) is 15.4. The van der Waals surface area contributed by atoms with Gasteiger partial charge < -0.3 is 5.32 Å². The minimum absolute atomic E-state index is 1.19. The van der Waals surface area contributed by atoms with Gasteiger partial charge >= 0.3 is 0 Å². The lowest BCUT2D eigenvalue weighted by Gasteiger charge is -1.99. The molecule has 0 aromatic rings. The molecule has 0 unspecified atom stereocenters. The van der Waals surface area contributed by atoms with Crippen molar-refractivity contribution in [1.82, 2.24) is 5.32 Å². The second kappa shape index (κ2) is 17.9. The molecule has 0 radical (unpaired) electrons. The third-order valence-electron chi connectivity index (χ3n) is 2.03. The summed E-state index contributed by atoms with van der Waals surface area (Å²) >= 11 is 0. The van der Waals surface area contributed by atoms with Crippen molar-refractivity contribution >= 4 is 0 Å². The van der Waals surface area contributed by atoms with Crippen molar-refractivity contribution in [2.75, 3.05) is 13.6 Å². The van der Waals surface area contributed by atoms with E-state index >= 15 is 0 Å². The molecule has 0 atom stereocenters. The van der Waals surface area contributed by atoms with Gasteiger partial charge in [-0.05, 0) is 20.0 Å². The van der Waals surface area contributed by atoms with Crippen LogP contribution < -0.4 is 5.32 Å². The summed E-state index contributed by atoms with van der Waals surface area (Å²) in [5.41, 5.74) is 0. The van der Waals surface area contributed by atoms with Crippen LogP contribution in [0.1, 0.15) is 65.7 Å². The van der Waals surface area contributed by atoms with Crippen LogP contribution in [0.15, 0.2) is 0 Å². The van der Waals surface area contributed by atoms with Crippen LogP contribution in [-0.4, -0.2) is 13.6 Å². The van der Waals surface area contributed by atoms with Gasteiger partial charge in [0.1, 0.15) is 0 Å². The molecule has 1 N–H and O–H groups in total. The molecule has 0 aliphatic heterocycles. The van der Waals surface area contributed by atoms with E-state index in [2.05, 4.69) is 12.2 Å². The molecule has 0 saturated carbocycles. The molecule has 0 saturated heterocycles. The van der Waals surface area contributed by atoms with Crippen LogP contribution in [-0.2, 0) is 0 Å². The minimum atomic E-state index is 1.19. The largest absolute Gasteiger partial charge is 0.320 e. The predicted molar refractivity (Wildman–Crippen MR) is 63.3 cm³/mol. The highest BCUT2D eigenvalue weighted by Crippen LogP contribution is 2.05. The quantitative estimate of drug-likeness (QED) is 0.567. The van der Waals surface area contributed by atoms with E-state index in [0.717, 1.165) is 0 Å². The van der Waals surface area contributed by atoms with Crippen LogP contribution in [0.3, 0.4) is 0 Å². The fourth-order valence-corrected chi connectivity index (χ4v) is 1.26. The van der Waals surface area contributed by atoms with Crippen LogP contribution in [0.25, 0.3) is 0 Å². The Kier molecular flexibility index (Phi) is 21.2. The standard InChI is InChI=1S/C10H23N.C2H6/c1-3-4-5-6-7-8-9-10-11-2;1-2/h11H,3-10H2,1-2H3;1-2H3. The summed E-state index contributed by atoms with van der Waals surface area (Å²) in [6.07, 6.45) is 9.85. The zero-order valence-electron chi connectivity index (χ0n) is 10.2. The molecule has 0 aliphatic carbocycles. The maximum Gasteiger partial charge on any atom is -0.00519 e. The van der Waals surface area contributed by atoms with E-state index in [4.69, 9.17) is 0 Å². The molecule has 0 amide bonds. The Hall–Kier alpha value is -0.0400. The van der Waals surface area contributed by atoms with Gasteiger partial charge in [-0.3, -0.25) is 0 Å². The summed E-state index contributed by atoms with van der Waals surface area (Å²) in [5, 5.41) is 3.17. The van der Waals surface area contributed by atoms with Crippen molar-refractivity contribution in [3.63, 3.8) is 0 Å². The van der Waals surface area contributed by atoms with Gasteiger partial charge in [0.2, 0.25) is 0 Å². The van der Waals surface area contributed by atoms with Crippen molar-refractivity contribution in [1.29, 1.82) is 0 Å². The van der Waals surface area contributed by atoms with Crippen LogP contribution in [0, 0.1) is 0 Å². The Morgan fingerprint density at radius 3 is 1.69 bits per heavy atom. The van der Waals surface area contributed by atoms with Gasteiger partial charge in [-0.2, -0.15) is 0 Å². The SMILES string of the molecule is CC.CCCCCCCCCNC. The Bertz CT molecular complexity index is 54.1. The topological polar surface area (TPSA) is 12.0 Å². The Morgan fingerprint density at radius 1 is 0.769 bits per heavy atom. The highest BCUT2D eigenvalue weighted by Gasteiger charge is 1.88. The zero-order chi connectivity index (χ0) is 10.4. The van der Waals surface area contributed by atoms with E-state index in [-0.39, 0.29) is 0 Å². The van der Waals surface area contributed by atoms with E-state index in [1.165, 1.54) is 51.5 Å². The lowest BCUT2D eigenvalue weighted by Crippen LogP contribution is -2.06. The normalized spacial score (nSPS) is 9.23. The van der Waals surface area contributed by atoms with Crippen LogP contribution in [0.5, 0.6) is 0 Å². The Labute approximate surface area is 85.3 Å². The lowest BCUT2D eigenvalue weighted by molar-refractivity contribution is 0.578. The van der Waals surface area contributed by atoms with Gasteiger partial charge in [0.05, 0.1) is 0 Å². The predicted octanol–water partition coefficient (Wildman–Crippen LogP) is 3.98. The summed E-state index contributed by atoms with van der Waals surface area (Å²) in [6.45, 7) is 7.45. The average Bonchev–Trinajstić information content (AvgIpc) is 2.20. The summed E-state index contributed by atoms with van der Waals surface area (Å²) in [5.74, 6) is 0. The van der Waals surface area contributed by atoms with E-state index in [1.807, 2.05) is 20.9 Å². The molecule has 0 spiro atoms. The smallest absolute Gasteiger partial charge is 0.00519 e. The highest BCUT2D eigenvalue weighted by molar-refractivity contribution is 4.46. The maximum absolute atomic E-state index is 3.17. The van der Waals surface area contributed by atoms with E-state index in [9.17, 15) is 0 Å². The molecule has 0 heterocycles. The highest BCUT2D eigenvalue weighted by atomic mass is 14.8.